The van der Waals surface area contributed by atoms with Crippen molar-refractivity contribution >= 4 is 16.9 Å². The highest BCUT2D eigenvalue weighted by Crippen LogP contribution is 2.16. The number of likely N-dealkylation sites (tertiary alicyclic amines) is 1. The van der Waals surface area contributed by atoms with Crippen LogP contribution in [-0.4, -0.2) is 45.1 Å². The van der Waals surface area contributed by atoms with E-state index in [4.69, 9.17) is 0 Å². The van der Waals surface area contributed by atoms with Gasteiger partial charge in [0.05, 0.1) is 17.1 Å². The first-order chi connectivity index (χ1) is 8.74. The Kier molecular flexibility index (Phi) is 2.68. The van der Waals surface area contributed by atoms with E-state index in [1.54, 1.807) is 35.5 Å². The van der Waals surface area contributed by atoms with Crippen LogP contribution in [0, 0.1) is 0 Å². The highest BCUT2D eigenvalue weighted by molar-refractivity contribution is 5.97. The molecule has 1 atom stereocenters. The van der Waals surface area contributed by atoms with E-state index in [-0.39, 0.29) is 5.91 Å². The van der Waals surface area contributed by atoms with Crippen LogP contribution < -0.4 is 0 Å². The molecule has 1 aliphatic rings. The number of β-amino-alcohol motifs (C(OH)–C–C–N with tert-alkyl or cyclic N) is 1. The van der Waals surface area contributed by atoms with E-state index in [2.05, 4.69) is 9.97 Å². The third-order valence-electron chi connectivity index (χ3n) is 3.17. The maximum absolute atomic E-state index is 12.2. The number of hydrogen-bond acceptors (Lipinski definition) is 4. The van der Waals surface area contributed by atoms with Crippen LogP contribution in [0.2, 0.25) is 0 Å². The predicted molar refractivity (Wildman–Crippen MR) is 66.1 cm³/mol. The Morgan fingerprint density at radius 3 is 2.78 bits per heavy atom. The zero-order chi connectivity index (χ0) is 12.5. The Morgan fingerprint density at radius 2 is 2.06 bits per heavy atom. The summed E-state index contributed by atoms with van der Waals surface area (Å²) >= 11 is 0. The standard InChI is InChI=1S/C13H13N3O2/c17-10-3-6-16(8-10)13(18)9-1-2-11-12(7-9)15-5-4-14-11/h1-2,4-5,7,10,17H,3,6,8H2/t10-/m1/s1. The van der Waals surface area contributed by atoms with Gasteiger partial charge in [0.15, 0.2) is 0 Å². The second-order valence-corrected chi connectivity index (χ2v) is 4.45. The molecule has 1 aliphatic heterocycles. The van der Waals surface area contributed by atoms with Crippen molar-refractivity contribution in [3.05, 3.63) is 36.2 Å². The quantitative estimate of drug-likeness (QED) is 0.806. The van der Waals surface area contributed by atoms with Gasteiger partial charge in [0.25, 0.3) is 5.91 Å². The van der Waals surface area contributed by atoms with E-state index in [0.29, 0.717) is 30.6 Å². The van der Waals surface area contributed by atoms with Gasteiger partial charge in [0, 0.05) is 31.0 Å². The Bertz CT molecular complexity index is 600. The molecular formula is C13H13N3O2. The maximum atomic E-state index is 12.2. The summed E-state index contributed by atoms with van der Waals surface area (Å²) in [6.07, 6.45) is 3.49. The Morgan fingerprint density at radius 1 is 1.28 bits per heavy atom. The van der Waals surface area contributed by atoms with Crippen molar-refractivity contribution in [2.75, 3.05) is 13.1 Å². The van der Waals surface area contributed by atoms with E-state index in [0.717, 1.165) is 5.52 Å². The van der Waals surface area contributed by atoms with Gasteiger partial charge in [-0.1, -0.05) is 0 Å². The van der Waals surface area contributed by atoms with Crippen LogP contribution in [0.15, 0.2) is 30.6 Å². The molecule has 5 nitrogen and oxygen atoms in total. The van der Waals surface area contributed by atoms with Gasteiger partial charge < -0.3 is 10.0 Å². The zero-order valence-electron chi connectivity index (χ0n) is 9.78. The Labute approximate surface area is 104 Å². The van der Waals surface area contributed by atoms with Crippen molar-refractivity contribution in [2.24, 2.45) is 0 Å². The van der Waals surface area contributed by atoms with Gasteiger partial charge >= 0.3 is 0 Å². The topological polar surface area (TPSA) is 66.3 Å². The molecule has 2 heterocycles. The van der Waals surface area contributed by atoms with Gasteiger partial charge in [-0.05, 0) is 24.6 Å². The Hall–Kier alpha value is -2.01. The summed E-state index contributed by atoms with van der Waals surface area (Å²) in [5, 5.41) is 9.45. The average molecular weight is 243 g/mol. The van der Waals surface area contributed by atoms with Crippen LogP contribution in [0.4, 0.5) is 0 Å². The summed E-state index contributed by atoms with van der Waals surface area (Å²) in [4.78, 5) is 22.2. The average Bonchev–Trinajstić information content (AvgIpc) is 2.84. The number of carbonyl (C=O) groups is 1. The summed E-state index contributed by atoms with van der Waals surface area (Å²) in [6, 6.07) is 5.29. The number of rotatable bonds is 1. The van der Waals surface area contributed by atoms with Crippen LogP contribution in [0.3, 0.4) is 0 Å². The molecule has 1 fully saturated rings. The van der Waals surface area contributed by atoms with Crippen LogP contribution >= 0.6 is 0 Å². The van der Waals surface area contributed by atoms with E-state index in [1.165, 1.54) is 0 Å². The molecule has 0 bridgehead atoms. The minimum Gasteiger partial charge on any atom is -0.391 e. The van der Waals surface area contributed by atoms with Crippen molar-refractivity contribution in [1.82, 2.24) is 14.9 Å². The van der Waals surface area contributed by atoms with Crippen molar-refractivity contribution < 1.29 is 9.90 Å². The predicted octanol–water partition coefficient (Wildman–Crippen LogP) is 0.837. The molecule has 5 heteroatoms. The number of fused-ring (bicyclic) bond motifs is 1. The molecule has 0 spiro atoms. The third-order valence-corrected chi connectivity index (χ3v) is 3.17. The number of carbonyl (C=O) groups excluding carboxylic acids is 1. The number of hydrogen-bond donors (Lipinski definition) is 1. The number of amides is 1. The second-order valence-electron chi connectivity index (χ2n) is 4.45. The fourth-order valence-corrected chi connectivity index (χ4v) is 2.21. The lowest BCUT2D eigenvalue weighted by Gasteiger charge is -2.15. The molecule has 92 valence electrons. The number of nitrogens with zero attached hydrogens (tertiary/aromatic N) is 3. The van der Waals surface area contributed by atoms with Crippen LogP contribution in [0.25, 0.3) is 11.0 Å². The molecular weight excluding hydrogens is 230 g/mol. The van der Waals surface area contributed by atoms with Gasteiger partial charge in [-0.15, -0.1) is 0 Å². The summed E-state index contributed by atoms with van der Waals surface area (Å²) in [6.45, 7) is 1.02. The highest BCUT2D eigenvalue weighted by Gasteiger charge is 2.25. The van der Waals surface area contributed by atoms with Crippen molar-refractivity contribution in [3.8, 4) is 0 Å². The molecule has 2 aromatic rings. The lowest BCUT2D eigenvalue weighted by atomic mass is 10.1. The molecule has 0 aliphatic carbocycles. The lowest BCUT2D eigenvalue weighted by Crippen LogP contribution is -2.29. The number of aromatic nitrogens is 2. The largest absolute Gasteiger partial charge is 0.391 e. The SMILES string of the molecule is O=C(c1ccc2nccnc2c1)N1CC[C@@H](O)C1. The third kappa shape index (κ3) is 1.93. The molecule has 1 aromatic carbocycles. The van der Waals surface area contributed by atoms with Gasteiger partial charge in [-0.3, -0.25) is 14.8 Å². The highest BCUT2D eigenvalue weighted by atomic mass is 16.3. The monoisotopic (exact) mass is 243 g/mol. The minimum atomic E-state index is -0.394. The number of aliphatic hydroxyl groups is 1. The maximum Gasteiger partial charge on any atom is 0.254 e. The van der Waals surface area contributed by atoms with Crippen LogP contribution in [0.1, 0.15) is 16.8 Å². The fourth-order valence-electron chi connectivity index (χ4n) is 2.21. The van der Waals surface area contributed by atoms with Gasteiger partial charge in [-0.25, -0.2) is 0 Å². The van der Waals surface area contributed by atoms with Crippen molar-refractivity contribution in [3.63, 3.8) is 0 Å². The van der Waals surface area contributed by atoms with Crippen LogP contribution in [-0.2, 0) is 0 Å². The first-order valence-corrected chi connectivity index (χ1v) is 5.92. The van der Waals surface area contributed by atoms with E-state index in [9.17, 15) is 9.90 Å². The normalized spacial score (nSPS) is 19.4. The molecule has 3 rings (SSSR count). The van der Waals surface area contributed by atoms with E-state index in [1.807, 2.05) is 0 Å². The molecule has 1 saturated heterocycles. The van der Waals surface area contributed by atoms with E-state index >= 15 is 0 Å². The zero-order valence-corrected chi connectivity index (χ0v) is 9.78. The van der Waals surface area contributed by atoms with Crippen molar-refractivity contribution in [1.29, 1.82) is 0 Å². The summed E-state index contributed by atoms with van der Waals surface area (Å²) in [5.41, 5.74) is 2.08. The summed E-state index contributed by atoms with van der Waals surface area (Å²) in [7, 11) is 0. The number of aliphatic hydroxyl groups excluding tert-OH is 1. The molecule has 0 unspecified atom stereocenters. The smallest absolute Gasteiger partial charge is 0.254 e. The molecule has 1 N–H and O–H groups in total. The van der Waals surface area contributed by atoms with E-state index < -0.39 is 6.10 Å². The fraction of sp³-hybridized carbons (Fsp3) is 0.308. The lowest BCUT2D eigenvalue weighted by molar-refractivity contribution is 0.0765. The summed E-state index contributed by atoms with van der Waals surface area (Å²) < 4.78 is 0. The minimum absolute atomic E-state index is 0.0564. The molecule has 0 radical (unpaired) electrons. The molecule has 1 amide bonds. The molecule has 1 aromatic heterocycles. The number of benzene rings is 1. The first kappa shape index (κ1) is 11.1. The van der Waals surface area contributed by atoms with Crippen LogP contribution in [0.5, 0.6) is 0 Å². The summed E-state index contributed by atoms with van der Waals surface area (Å²) in [5.74, 6) is -0.0564. The van der Waals surface area contributed by atoms with Gasteiger partial charge in [0.2, 0.25) is 0 Å². The van der Waals surface area contributed by atoms with Gasteiger partial charge in [-0.2, -0.15) is 0 Å². The first-order valence-electron chi connectivity index (χ1n) is 5.92. The molecule has 0 saturated carbocycles. The Balaban J connectivity index is 1.92. The second kappa shape index (κ2) is 4.34. The van der Waals surface area contributed by atoms with Gasteiger partial charge in [0.1, 0.15) is 0 Å². The molecule has 18 heavy (non-hydrogen) atoms. The van der Waals surface area contributed by atoms with Crippen molar-refractivity contribution in [2.45, 2.75) is 12.5 Å².